The quantitative estimate of drug-likeness (QED) is 0.689. The third-order valence-electron chi connectivity index (χ3n) is 2.20. The molecular formula is C9H8O4S. The van der Waals surface area contributed by atoms with Crippen LogP contribution in [0.3, 0.4) is 0 Å². The summed E-state index contributed by atoms with van der Waals surface area (Å²) in [6, 6.07) is 3.79. The molecule has 1 aromatic rings. The zero-order valence-corrected chi connectivity index (χ0v) is 8.04. The van der Waals surface area contributed by atoms with Crippen LogP contribution in [-0.4, -0.2) is 25.1 Å². The normalized spacial score (nSPS) is 19.0. The molecular weight excluding hydrogens is 204 g/mol. The lowest BCUT2D eigenvalue weighted by molar-refractivity contribution is 0.0983. The van der Waals surface area contributed by atoms with Gasteiger partial charge in [-0.15, -0.1) is 0 Å². The molecule has 1 aromatic carbocycles. The minimum Gasteiger partial charge on any atom is -0.508 e. The summed E-state index contributed by atoms with van der Waals surface area (Å²) in [5.41, 5.74) is 0.189. The highest BCUT2D eigenvalue weighted by Crippen LogP contribution is 2.27. The van der Waals surface area contributed by atoms with Crippen LogP contribution in [0.1, 0.15) is 16.8 Å². The second kappa shape index (κ2) is 2.81. The molecule has 0 spiro atoms. The molecule has 0 fully saturated rings. The van der Waals surface area contributed by atoms with Crippen LogP contribution in [0, 0.1) is 0 Å². The first-order valence-corrected chi connectivity index (χ1v) is 5.75. The second-order valence-electron chi connectivity index (χ2n) is 3.17. The molecule has 0 saturated carbocycles. The van der Waals surface area contributed by atoms with Gasteiger partial charge in [-0.25, -0.2) is 8.42 Å². The van der Waals surface area contributed by atoms with E-state index in [0.29, 0.717) is 0 Å². The number of benzene rings is 1. The Bertz CT molecular complexity index is 502. The topological polar surface area (TPSA) is 71.4 Å². The number of sulfone groups is 1. The van der Waals surface area contributed by atoms with Crippen LogP contribution in [0.15, 0.2) is 23.1 Å². The summed E-state index contributed by atoms with van der Waals surface area (Å²) in [6.45, 7) is 0. The average molecular weight is 212 g/mol. The lowest BCUT2D eigenvalue weighted by Crippen LogP contribution is -2.20. The van der Waals surface area contributed by atoms with E-state index in [9.17, 15) is 13.2 Å². The standard InChI is InChI=1S/C9H8O4S/c10-6-1-2-7-8(11)3-4-14(12,13)9(7)5-6/h1-2,5,10H,3-4H2. The first-order valence-electron chi connectivity index (χ1n) is 4.10. The van der Waals surface area contributed by atoms with E-state index >= 15 is 0 Å². The molecule has 0 aromatic heterocycles. The molecule has 1 aliphatic rings. The SMILES string of the molecule is O=C1CCS(=O)(=O)c2cc(O)ccc21. The highest BCUT2D eigenvalue weighted by Gasteiger charge is 2.28. The summed E-state index contributed by atoms with van der Waals surface area (Å²) in [5.74, 6) is -0.487. The van der Waals surface area contributed by atoms with Crippen LogP contribution < -0.4 is 0 Å². The molecule has 1 N–H and O–H groups in total. The van der Waals surface area contributed by atoms with Gasteiger partial charge in [-0.05, 0) is 18.2 Å². The summed E-state index contributed by atoms with van der Waals surface area (Å²) < 4.78 is 23.0. The highest BCUT2D eigenvalue weighted by molar-refractivity contribution is 7.91. The van der Waals surface area contributed by atoms with E-state index in [0.717, 1.165) is 6.07 Å². The van der Waals surface area contributed by atoms with Gasteiger partial charge < -0.3 is 5.11 Å². The van der Waals surface area contributed by atoms with Crippen molar-refractivity contribution in [2.45, 2.75) is 11.3 Å². The van der Waals surface area contributed by atoms with E-state index in [1.54, 1.807) is 0 Å². The number of phenolic OH excluding ortho intramolecular Hbond substituents is 1. The fraction of sp³-hybridized carbons (Fsp3) is 0.222. The van der Waals surface area contributed by atoms with Crippen molar-refractivity contribution in [1.82, 2.24) is 0 Å². The largest absolute Gasteiger partial charge is 0.508 e. The van der Waals surface area contributed by atoms with Gasteiger partial charge in [0.2, 0.25) is 0 Å². The molecule has 2 rings (SSSR count). The Balaban J connectivity index is 2.77. The maximum atomic E-state index is 11.5. The number of Topliss-reactive ketones (excluding diaryl/α,β-unsaturated/α-hetero) is 1. The molecule has 1 aliphatic heterocycles. The van der Waals surface area contributed by atoms with E-state index < -0.39 is 9.84 Å². The number of rotatable bonds is 0. The molecule has 0 bridgehead atoms. The van der Waals surface area contributed by atoms with Crippen molar-refractivity contribution in [2.75, 3.05) is 5.75 Å². The molecule has 0 radical (unpaired) electrons. The number of phenols is 1. The van der Waals surface area contributed by atoms with Crippen molar-refractivity contribution < 1.29 is 18.3 Å². The number of ketones is 1. The highest BCUT2D eigenvalue weighted by atomic mass is 32.2. The molecule has 0 saturated heterocycles. The van der Waals surface area contributed by atoms with Crippen LogP contribution in [0.2, 0.25) is 0 Å². The van der Waals surface area contributed by atoms with E-state index in [4.69, 9.17) is 5.11 Å². The molecule has 74 valence electrons. The van der Waals surface area contributed by atoms with Gasteiger partial charge in [-0.2, -0.15) is 0 Å². The Morgan fingerprint density at radius 3 is 2.71 bits per heavy atom. The number of hydrogen-bond acceptors (Lipinski definition) is 4. The van der Waals surface area contributed by atoms with Crippen molar-refractivity contribution in [3.8, 4) is 5.75 Å². The Morgan fingerprint density at radius 2 is 2.00 bits per heavy atom. The maximum absolute atomic E-state index is 11.5. The Kier molecular flexibility index (Phi) is 1.85. The number of fused-ring (bicyclic) bond motifs is 1. The minimum atomic E-state index is -3.38. The third kappa shape index (κ3) is 1.29. The molecule has 5 heteroatoms. The van der Waals surface area contributed by atoms with E-state index in [1.807, 2.05) is 0 Å². The number of carbonyl (C=O) groups is 1. The second-order valence-corrected chi connectivity index (χ2v) is 5.25. The lowest BCUT2D eigenvalue weighted by Gasteiger charge is -2.14. The summed E-state index contributed by atoms with van der Waals surface area (Å²) in [4.78, 5) is 11.3. The lowest BCUT2D eigenvalue weighted by atomic mass is 10.1. The Hall–Kier alpha value is -1.36. The summed E-state index contributed by atoms with van der Waals surface area (Å²) >= 11 is 0. The molecule has 0 amide bonds. The van der Waals surface area contributed by atoms with Crippen molar-refractivity contribution in [3.05, 3.63) is 23.8 Å². The van der Waals surface area contributed by atoms with E-state index in [1.165, 1.54) is 12.1 Å². The smallest absolute Gasteiger partial charge is 0.179 e. The van der Waals surface area contributed by atoms with E-state index in [2.05, 4.69) is 0 Å². The van der Waals surface area contributed by atoms with Gasteiger partial charge in [0.05, 0.1) is 10.6 Å². The first-order chi connectivity index (χ1) is 6.50. The van der Waals surface area contributed by atoms with Gasteiger partial charge in [0.25, 0.3) is 0 Å². The van der Waals surface area contributed by atoms with Gasteiger partial charge in [-0.1, -0.05) is 0 Å². The van der Waals surface area contributed by atoms with Gasteiger partial charge in [0.1, 0.15) is 5.75 Å². The molecule has 0 aliphatic carbocycles. The fourth-order valence-corrected chi connectivity index (χ4v) is 2.96. The van der Waals surface area contributed by atoms with E-state index in [-0.39, 0.29) is 34.2 Å². The van der Waals surface area contributed by atoms with Crippen molar-refractivity contribution >= 4 is 15.6 Å². The molecule has 1 heterocycles. The average Bonchev–Trinajstić information content (AvgIpc) is 2.12. The minimum absolute atomic E-state index is 0.0279. The van der Waals surface area contributed by atoms with Crippen LogP contribution in [0.25, 0.3) is 0 Å². The predicted molar refractivity (Wildman–Crippen MR) is 49.1 cm³/mol. The van der Waals surface area contributed by atoms with Gasteiger partial charge in [0, 0.05) is 12.0 Å². The number of carbonyl (C=O) groups excluding carboxylic acids is 1. The van der Waals surface area contributed by atoms with Crippen LogP contribution in [0.5, 0.6) is 5.75 Å². The Morgan fingerprint density at radius 1 is 1.29 bits per heavy atom. The zero-order chi connectivity index (χ0) is 10.3. The van der Waals surface area contributed by atoms with Crippen LogP contribution in [-0.2, 0) is 9.84 Å². The van der Waals surface area contributed by atoms with Gasteiger partial charge in [0.15, 0.2) is 15.6 Å². The van der Waals surface area contributed by atoms with Gasteiger partial charge >= 0.3 is 0 Å². The molecule has 0 atom stereocenters. The number of aromatic hydroxyl groups is 1. The van der Waals surface area contributed by atoms with Crippen molar-refractivity contribution in [3.63, 3.8) is 0 Å². The molecule has 4 nitrogen and oxygen atoms in total. The third-order valence-corrected chi connectivity index (χ3v) is 3.95. The van der Waals surface area contributed by atoms with Crippen molar-refractivity contribution in [1.29, 1.82) is 0 Å². The van der Waals surface area contributed by atoms with Crippen molar-refractivity contribution in [2.24, 2.45) is 0 Å². The van der Waals surface area contributed by atoms with Crippen LogP contribution >= 0.6 is 0 Å². The number of hydrogen-bond donors (Lipinski definition) is 1. The maximum Gasteiger partial charge on any atom is 0.179 e. The van der Waals surface area contributed by atoms with Crippen LogP contribution in [0.4, 0.5) is 0 Å². The predicted octanol–water partition coefficient (Wildman–Crippen LogP) is 0.752. The molecule has 0 unspecified atom stereocenters. The summed E-state index contributed by atoms with van der Waals surface area (Å²) in [7, 11) is -3.38. The van der Waals surface area contributed by atoms with Gasteiger partial charge in [-0.3, -0.25) is 4.79 Å². The summed E-state index contributed by atoms with van der Waals surface area (Å²) in [5, 5.41) is 9.13. The first kappa shape index (κ1) is 9.21. The monoisotopic (exact) mass is 212 g/mol. The zero-order valence-electron chi connectivity index (χ0n) is 7.23. The molecule has 14 heavy (non-hydrogen) atoms. The fourth-order valence-electron chi connectivity index (χ4n) is 1.47. The summed E-state index contributed by atoms with van der Waals surface area (Å²) in [6.07, 6.45) is 0.0279. The Labute approximate surface area is 81.1 Å².